The Morgan fingerprint density at radius 3 is 2.33 bits per heavy atom. The van der Waals surface area contributed by atoms with Crippen molar-refractivity contribution in [3.05, 3.63) is 105 Å². The van der Waals surface area contributed by atoms with Gasteiger partial charge in [0.2, 0.25) is 0 Å². The third-order valence-corrected chi connectivity index (χ3v) is 5.58. The van der Waals surface area contributed by atoms with E-state index in [1.165, 1.54) is 4.90 Å². The zero-order valence-electron chi connectivity index (χ0n) is 16.4. The minimum atomic E-state index is -1.05. The van der Waals surface area contributed by atoms with Crippen molar-refractivity contribution in [1.82, 2.24) is 4.90 Å². The average Bonchev–Trinajstić information content (AvgIpc) is 2.71. The molecule has 3 aromatic rings. The molecule has 0 aromatic heterocycles. The van der Waals surface area contributed by atoms with Crippen LogP contribution in [-0.4, -0.2) is 27.9 Å². The standard InChI is InChI=1S/C24H21BrClNO3/c1-16-12-20(26)10-11-21(16)23(28)27(15-18-8-5-9-19(25)13-18)22(24(29)30)14-17-6-3-2-4-7-17/h2-13,22H,14-15H2,1H3,(H,29,30)/t22-/m0/s1. The van der Waals surface area contributed by atoms with Crippen LogP contribution in [0.25, 0.3) is 0 Å². The van der Waals surface area contributed by atoms with Crippen molar-refractivity contribution < 1.29 is 14.7 Å². The number of carboxylic acid groups (broad SMARTS) is 1. The second kappa shape index (κ2) is 9.92. The highest BCUT2D eigenvalue weighted by atomic mass is 79.9. The maximum absolute atomic E-state index is 13.5. The molecule has 0 aliphatic rings. The predicted molar refractivity (Wildman–Crippen MR) is 122 cm³/mol. The van der Waals surface area contributed by atoms with E-state index in [1.807, 2.05) is 54.6 Å². The number of hydrogen-bond donors (Lipinski definition) is 1. The molecule has 0 aliphatic heterocycles. The molecule has 6 heteroatoms. The number of halogens is 2. The first-order valence-electron chi connectivity index (χ1n) is 9.43. The van der Waals surface area contributed by atoms with Crippen LogP contribution in [-0.2, 0) is 17.8 Å². The van der Waals surface area contributed by atoms with Crippen molar-refractivity contribution in [2.24, 2.45) is 0 Å². The lowest BCUT2D eigenvalue weighted by atomic mass is 10.0. The Balaban J connectivity index is 2.02. The van der Waals surface area contributed by atoms with Crippen molar-refractivity contribution in [2.75, 3.05) is 0 Å². The molecule has 0 radical (unpaired) electrons. The number of hydrogen-bond acceptors (Lipinski definition) is 2. The maximum atomic E-state index is 13.5. The molecule has 1 amide bonds. The summed E-state index contributed by atoms with van der Waals surface area (Å²) >= 11 is 9.48. The highest BCUT2D eigenvalue weighted by Crippen LogP contribution is 2.22. The quantitative estimate of drug-likeness (QED) is 0.463. The topological polar surface area (TPSA) is 57.6 Å². The number of rotatable bonds is 7. The minimum Gasteiger partial charge on any atom is -0.480 e. The van der Waals surface area contributed by atoms with Crippen molar-refractivity contribution in [3.8, 4) is 0 Å². The van der Waals surface area contributed by atoms with Gasteiger partial charge in [-0.25, -0.2) is 4.79 Å². The van der Waals surface area contributed by atoms with Crippen LogP contribution in [0.15, 0.2) is 77.3 Å². The molecule has 1 atom stereocenters. The van der Waals surface area contributed by atoms with Gasteiger partial charge in [0, 0.05) is 28.0 Å². The van der Waals surface area contributed by atoms with Gasteiger partial charge < -0.3 is 10.0 Å². The lowest BCUT2D eigenvalue weighted by molar-refractivity contribution is -0.142. The van der Waals surface area contributed by atoms with Gasteiger partial charge in [-0.3, -0.25) is 4.79 Å². The fraction of sp³-hybridized carbons (Fsp3) is 0.167. The summed E-state index contributed by atoms with van der Waals surface area (Å²) in [4.78, 5) is 27.2. The first kappa shape index (κ1) is 22.1. The van der Waals surface area contributed by atoms with Crippen LogP contribution in [0.2, 0.25) is 5.02 Å². The summed E-state index contributed by atoms with van der Waals surface area (Å²) < 4.78 is 0.866. The molecule has 4 nitrogen and oxygen atoms in total. The van der Waals surface area contributed by atoms with Crippen LogP contribution in [0.4, 0.5) is 0 Å². The van der Waals surface area contributed by atoms with Crippen LogP contribution in [0.5, 0.6) is 0 Å². The van der Waals surface area contributed by atoms with Crippen LogP contribution >= 0.6 is 27.5 Å². The maximum Gasteiger partial charge on any atom is 0.326 e. The molecular weight excluding hydrogens is 466 g/mol. The molecule has 0 aliphatic carbocycles. The summed E-state index contributed by atoms with van der Waals surface area (Å²) in [5, 5.41) is 10.6. The van der Waals surface area contributed by atoms with Gasteiger partial charge in [0.05, 0.1) is 0 Å². The summed E-state index contributed by atoms with van der Waals surface area (Å²) in [5.74, 6) is -1.39. The van der Waals surface area contributed by atoms with E-state index in [0.29, 0.717) is 16.1 Å². The Labute approximate surface area is 189 Å². The summed E-state index contributed by atoms with van der Waals surface area (Å²) in [5.41, 5.74) is 2.83. The monoisotopic (exact) mass is 485 g/mol. The van der Waals surface area contributed by atoms with E-state index in [9.17, 15) is 14.7 Å². The molecule has 0 heterocycles. The molecule has 0 fully saturated rings. The Hall–Kier alpha value is -2.63. The number of aryl methyl sites for hydroxylation is 1. The Kier molecular flexibility index (Phi) is 7.29. The second-order valence-electron chi connectivity index (χ2n) is 7.07. The van der Waals surface area contributed by atoms with E-state index in [0.717, 1.165) is 15.6 Å². The van der Waals surface area contributed by atoms with Crippen LogP contribution < -0.4 is 0 Å². The molecule has 0 bridgehead atoms. The molecule has 0 unspecified atom stereocenters. The van der Waals surface area contributed by atoms with Crippen LogP contribution in [0.3, 0.4) is 0 Å². The molecule has 154 valence electrons. The van der Waals surface area contributed by atoms with Crippen LogP contribution in [0.1, 0.15) is 27.0 Å². The number of aliphatic carboxylic acids is 1. The number of carboxylic acids is 1. The minimum absolute atomic E-state index is 0.171. The first-order chi connectivity index (χ1) is 14.3. The zero-order chi connectivity index (χ0) is 21.7. The Bertz CT molecular complexity index is 1060. The van der Waals surface area contributed by atoms with Crippen molar-refractivity contribution in [1.29, 1.82) is 0 Å². The summed E-state index contributed by atoms with van der Waals surface area (Å²) in [6, 6.07) is 20.8. The second-order valence-corrected chi connectivity index (χ2v) is 8.42. The fourth-order valence-corrected chi connectivity index (χ4v) is 4.02. The molecule has 0 spiro atoms. The lowest BCUT2D eigenvalue weighted by Crippen LogP contribution is -2.46. The Morgan fingerprint density at radius 1 is 1.00 bits per heavy atom. The van der Waals surface area contributed by atoms with Gasteiger partial charge in [-0.1, -0.05) is 70.0 Å². The normalized spacial score (nSPS) is 11.7. The molecule has 0 saturated heterocycles. The van der Waals surface area contributed by atoms with Gasteiger partial charge in [-0.2, -0.15) is 0 Å². The summed E-state index contributed by atoms with van der Waals surface area (Å²) in [6.07, 6.45) is 0.211. The molecule has 30 heavy (non-hydrogen) atoms. The van der Waals surface area contributed by atoms with E-state index >= 15 is 0 Å². The fourth-order valence-electron chi connectivity index (χ4n) is 3.35. The van der Waals surface area contributed by atoms with Crippen molar-refractivity contribution in [2.45, 2.75) is 25.9 Å². The van der Waals surface area contributed by atoms with Crippen LogP contribution in [0, 0.1) is 6.92 Å². The van der Waals surface area contributed by atoms with Gasteiger partial charge in [-0.15, -0.1) is 0 Å². The summed E-state index contributed by atoms with van der Waals surface area (Å²) in [6.45, 7) is 1.97. The molecule has 0 saturated carbocycles. The SMILES string of the molecule is Cc1cc(Cl)ccc1C(=O)N(Cc1cccc(Br)c1)[C@@H](Cc1ccccc1)C(=O)O. The van der Waals surface area contributed by atoms with Gasteiger partial charge in [0.15, 0.2) is 0 Å². The van der Waals surface area contributed by atoms with E-state index in [2.05, 4.69) is 15.9 Å². The molecule has 3 rings (SSSR count). The molecule has 3 aromatic carbocycles. The van der Waals surface area contributed by atoms with Gasteiger partial charge in [-0.05, 0) is 53.9 Å². The van der Waals surface area contributed by atoms with Gasteiger partial charge in [0.1, 0.15) is 6.04 Å². The van der Waals surface area contributed by atoms with E-state index in [1.54, 1.807) is 25.1 Å². The Morgan fingerprint density at radius 2 is 1.70 bits per heavy atom. The van der Waals surface area contributed by atoms with E-state index in [4.69, 9.17) is 11.6 Å². The predicted octanol–water partition coefficient (Wildman–Crippen LogP) is 5.75. The van der Waals surface area contributed by atoms with Crippen molar-refractivity contribution >= 4 is 39.4 Å². The largest absolute Gasteiger partial charge is 0.480 e. The summed E-state index contributed by atoms with van der Waals surface area (Å²) in [7, 11) is 0. The number of carbonyl (C=O) groups excluding carboxylic acids is 1. The van der Waals surface area contributed by atoms with E-state index in [-0.39, 0.29) is 18.9 Å². The van der Waals surface area contributed by atoms with Crippen molar-refractivity contribution in [3.63, 3.8) is 0 Å². The lowest BCUT2D eigenvalue weighted by Gasteiger charge is -2.30. The average molecular weight is 487 g/mol. The first-order valence-corrected chi connectivity index (χ1v) is 10.6. The third-order valence-electron chi connectivity index (χ3n) is 4.85. The third kappa shape index (κ3) is 5.49. The highest BCUT2D eigenvalue weighted by Gasteiger charge is 2.31. The number of amides is 1. The highest BCUT2D eigenvalue weighted by molar-refractivity contribution is 9.10. The molecular formula is C24H21BrClNO3. The zero-order valence-corrected chi connectivity index (χ0v) is 18.7. The van der Waals surface area contributed by atoms with E-state index < -0.39 is 12.0 Å². The number of carbonyl (C=O) groups is 2. The van der Waals surface area contributed by atoms with Gasteiger partial charge in [0.25, 0.3) is 5.91 Å². The van der Waals surface area contributed by atoms with Gasteiger partial charge >= 0.3 is 5.97 Å². The number of benzene rings is 3. The molecule has 1 N–H and O–H groups in total. The smallest absolute Gasteiger partial charge is 0.326 e. The number of nitrogens with zero attached hydrogens (tertiary/aromatic N) is 1.